The Bertz CT molecular complexity index is 358. The third-order valence-corrected chi connectivity index (χ3v) is 1.65. The summed E-state index contributed by atoms with van der Waals surface area (Å²) < 4.78 is 4.66. The summed E-state index contributed by atoms with van der Waals surface area (Å²) >= 11 is 0. The number of amides is 1. The molecule has 0 radical (unpaired) electrons. The van der Waals surface area contributed by atoms with Crippen LogP contribution in [-0.4, -0.2) is 23.8 Å². The summed E-state index contributed by atoms with van der Waals surface area (Å²) in [5.74, 6) is -1.00. The van der Waals surface area contributed by atoms with Gasteiger partial charge in [-0.2, -0.15) is 0 Å². The van der Waals surface area contributed by atoms with Crippen LogP contribution in [0.1, 0.15) is 17.3 Å². The number of carboxylic acid groups (broad SMARTS) is 1. The highest BCUT2D eigenvalue weighted by Gasteiger charge is 2.04. The first-order chi connectivity index (χ1) is 7.13. The molecule has 15 heavy (non-hydrogen) atoms. The van der Waals surface area contributed by atoms with Crippen LogP contribution in [0.25, 0.3) is 0 Å². The number of ether oxygens (including phenoxy) is 1. The Morgan fingerprint density at radius 1 is 1.33 bits per heavy atom. The fraction of sp³-hybridized carbons (Fsp3) is 0.200. The Hall–Kier alpha value is -2.04. The van der Waals surface area contributed by atoms with E-state index >= 15 is 0 Å². The van der Waals surface area contributed by atoms with Crippen molar-refractivity contribution in [1.29, 1.82) is 0 Å². The standard InChI is InChI=1S/C10H11NO4/c1-2-15-10(14)11-8-5-3-7(4-6-8)9(12)13/h3-6H,2H2,1H3,(H,11,14)(H,12,13). The maximum atomic E-state index is 11.0. The molecule has 0 spiro atoms. The van der Waals surface area contributed by atoms with Gasteiger partial charge in [0.1, 0.15) is 0 Å². The monoisotopic (exact) mass is 209 g/mol. The van der Waals surface area contributed by atoms with Gasteiger partial charge in [0.25, 0.3) is 0 Å². The average Bonchev–Trinajstić information content (AvgIpc) is 2.18. The smallest absolute Gasteiger partial charge is 0.411 e. The molecule has 0 aliphatic carbocycles. The minimum absolute atomic E-state index is 0.171. The van der Waals surface area contributed by atoms with Crippen molar-refractivity contribution in [2.75, 3.05) is 11.9 Å². The molecule has 1 amide bonds. The van der Waals surface area contributed by atoms with Gasteiger partial charge in [0, 0.05) is 5.69 Å². The van der Waals surface area contributed by atoms with Crippen molar-refractivity contribution >= 4 is 17.7 Å². The minimum Gasteiger partial charge on any atom is -0.478 e. The molecular formula is C10H11NO4. The summed E-state index contributed by atoms with van der Waals surface area (Å²) in [6.07, 6.45) is -0.555. The number of anilines is 1. The van der Waals surface area contributed by atoms with Gasteiger partial charge >= 0.3 is 12.1 Å². The first-order valence-electron chi connectivity index (χ1n) is 4.40. The lowest BCUT2D eigenvalue weighted by Gasteiger charge is -2.04. The number of hydrogen-bond donors (Lipinski definition) is 2. The van der Waals surface area contributed by atoms with E-state index in [9.17, 15) is 9.59 Å². The van der Waals surface area contributed by atoms with Crippen LogP contribution in [0.4, 0.5) is 10.5 Å². The van der Waals surface area contributed by atoms with Crippen molar-refractivity contribution in [3.63, 3.8) is 0 Å². The fourth-order valence-corrected chi connectivity index (χ4v) is 0.981. The van der Waals surface area contributed by atoms with E-state index in [1.165, 1.54) is 24.3 Å². The van der Waals surface area contributed by atoms with Crippen LogP contribution in [0.2, 0.25) is 0 Å². The van der Waals surface area contributed by atoms with Crippen molar-refractivity contribution in [2.24, 2.45) is 0 Å². The van der Waals surface area contributed by atoms with Gasteiger partial charge in [-0.25, -0.2) is 9.59 Å². The highest BCUT2D eigenvalue weighted by Crippen LogP contribution is 2.09. The Labute approximate surface area is 86.7 Å². The van der Waals surface area contributed by atoms with Crippen LogP contribution >= 0.6 is 0 Å². The molecule has 0 bridgehead atoms. The number of rotatable bonds is 3. The van der Waals surface area contributed by atoms with Gasteiger partial charge in [-0.05, 0) is 31.2 Å². The molecule has 0 aromatic heterocycles. The summed E-state index contributed by atoms with van der Waals surface area (Å²) in [6, 6.07) is 5.81. The highest BCUT2D eigenvalue weighted by molar-refractivity contribution is 5.89. The molecule has 0 fully saturated rings. The minimum atomic E-state index is -1.00. The number of benzene rings is 1. The fourth-order valence-electron chi connectivity index (χ4n) is 0.981. The third kappa shape index (κ3) is 3.30. The van der Waals surface area contributed by atoms with Gasteiger partial charge in [0.2, 0.25) is 0 Å². The van der Waals surface area contributed by atoms with E-state index < -0.39 is 12.1 Å². The van der Waals surface area contributed by atoms with Crippen LogP contribution in [-0.2, 0) is 4.74 Å². The highest BCUT2D eigenvalue weighted by atomic mass is 16.5. The number of carbonyl (C=O) groups excluding carboxylic acids is 1. The summed E-state index contributed by atoms with van der Waals surface area (Å²) in [5, 5.41) is 11.1. The van der Waals surface area contributed by atoms with Crippen LogP contribution in [0, 0.1) is 0 Å². The number of carboxylic acids is 1. The zero-order valence-corrected chi connectivity index (χ0v) is 8.19. The van der Waals surface area contributed by atoms with Crippen LogP contribution < -0.4 is 5.32 Å². The molecule has 5 nitrogen and oxygen atoms in total. The molecule has 1 aromatic carbocycles. The molecule has 0 aliphatic heterocycles. The normalized spacial score (nSPS) is 9.40. The molecule has 0 aliphatic rings. The first kappa shape index (κ1) is 11.0. The summed E-state index contributed by atoms with van der Waals surface area (Å²) in [5.41, 5.74) is 0.669. The summed E-state index contributed by atoms with van der Waals surface area (Å²) in [6.45, 7) is 1.99. The molecule has 0 heterocycles. The van der Waals surface area contributed by atoms with Gasteiger partial charge in [-0.3, -0.25) is 5.32 Å². The van der Waals surface area contributed by atoms with E-state index in [0.717, 1.165) is 0 Å². The summed E-state index contributed by atoms with van der Waals surface area (Å²) in [7, 11) is 0. The molecule has 0 saturated heterocycles. The predicted molar refractivity (Wildman–Crippen MR) is 54.0 cm³/mol. The Morgan fingerprint density at radius 2 is 1.93 bits per heavy atom. The Balaban J connectivity index is 2.64. The lowest BCUT2D eigenvalue weighted by molar-refractivity contribution is 0.0697. The van der Waals surface area contributed by atoms with E-state index in [-0.39, 0.29) is 5.56 Å². The van der Waals surface area contributed by atoms with Crippen molar-refractivity contribution in [1.82, 2.24) is 0 Å². The lowest BCUT2D eigenvalue weighted by atomic mass is 10.2. The van der Waals surface area contributed by atoms with Crippen molar-refractivity contribution in [3.8, 4) is 0 Å². The Morgan fingerprint density at radius 3 is 2.40 bits per heavy atom. The average molecular weight is 209 g/mol. The predicted octanol–water partition coefficient (Wildman–Crippen LogP) is 1.95. The maximum absolute atomic E-state index is 11.0. The SMILES string of the molecule is CCOC(=O)Nc1ccc(C(=O)O)cc1. The molecule has 80 valence electrons. The topological polar surface area (TPSA) is 75.6 Å². The maximum Gasteiger partial charge on any atom is 0.411 e. The first-order valence-corrected chi connectivity index (χ1v) is 4.40. The molecule has 5 heteroatoms. The molecule has 2 N–H and O–H groups in total. The Kier molecular flexibility index (Phi) is 3.68. The second-order valence-corrected chi connectivity index (χ2v) is 2.73. The van der Waals surface area contributed by atoms with E-state index in [0.29, 0.717) is 12.3 Å². The molecule has 0 atom stereocenters. The number of hydrogen-bond acceptors (Lipinski definition) is 3. The van der Waals surface area contributed by atoms with E-state index in [4.69, 9.17) is 5.11 Å². The van der Waals surface area contributed by atoms with Crippen LogP contribution in [0.5, 0.6) is 0 Å². The van der Waals surface area contributed by atoms with Crippen molar-refractivity contribution in [2.45, 2.75) is 6.92 Å². The van der Waals surface area contributed by atoms with Gasteiger partial charge in [-0.15, -0.1) is 0 Å². The molecule has 0 unspecified atom stereocenters. The van der Waals surface area contributed by atoms with Crippen molar-refractivity contribution < 1.29 is 19.4 Å². The zero-order chi connectivity index (χ0) is 11.3. The van der Waals surface area contributed by atoms with Crippen LogP contribution in [0.3, 0.4) is 0 Å². The number of nitrogens with one attached hydrogen (secondary N) is 1. The van der Waals surface area contributed by atoms with E-state index in [1.54, 1.807) is 6.92 Å². The quantitative estimate of drug-likeness (QED) is 0.797. The number of aromatic carboxylic acids is 1. The molecule has 1 rings (SSSR count). The van der Waals surface area contributed by atoms with E-state index in [2.05, 4.69) is 10.1 Å². The second-order valence-electron chi connectivity index (χ2n) is 2.73. The summed E-state index contributed by atoms with van der Waals surface area (Å²) in [4.78, 5) is 21.5. The third-order valence-electron chi connectivity index (χ3n) is 1.65. The van der Waals surface area contributed by atoms with Gasteiger partial charge in [-0.1, -0.05) is 0 Å². The van der Waals surface area contributed by atoms with Gasteiger partial charge in [0.15, 0.2) is 0 Å². The molecular weight excluding hydrogens is 198 g/mol. The van der Waals surface area contributed by atoms with Gasteiger partial charge < -0.3 is 9.84 Å². The lowest BCUT2D eigenvalue weighted by Crippen LogP contribution is -2.13. The second kappa shape index (κ2) is 4.99. The number of carbonyl (C=O) groups is 2. The largest absolute Gasteiger partial charge is 0.478 e. The van der Waals surface area contributed by atoms with Crippen molar-refractivity contribution in [3.05, 3.63) is 29.8 Å². The zero-order valence-electron chi connectivity index (χ0n) is 8.19. The molecule has 0 saturated carbocycles. The molecule has 1 aromatic rings. The van der Waals surface area contributed by atoms with E-state index in [1.807, 2.05) is 0 Å². The van der Waals surface area contributed by atoms with Gasteiger partial charge in [0.05, 0.1) is 12.2 Å². The van der Waals surface area contributed by atoms with Crippen LogP contribution in [0.15, 0.2) is 24.3 Å².